The van der Waals surface area contributed by atoms with Crippen LogP contribution < -0.4 is 9.64 Å². The fourth-order valence-electron chi connectivity index (χ4n) is 3.72. The number of likely N-dealkylation sites (tertiary alicyclic amines) is 1. The topological polar surface area (TPSA) is 75.6 Å². The molecule has 0 bridgehead atoms. The van der Waals surface area contributed by atoms with Crippen LogP contribution in [0.1, 0.15) is 19.3 Å². The number of anilines is 1. The molecule has 2 amide bonds. The Bertz CT molecular complexity index is 838. The second-order valence-corrected chi connectivity index (χ2v) is 7.52. The lowest BCUT2D eigenvalue weighted by Crippen LogP contribution is -2.45. The lowest BCUT2D eigenvalue weighted by atomic mass is 10.0. The van der Waals surface area contributed by atoms with Gasteiger partial charge in [-0.05, 0) is 30.3 Å². The van der Waals surface area contributed by atoms with E-state index >= 15 is 0 Å². The molecule has 3 heterocycles. The number of benzene rings is 1. The van der Waals surface area contributed by atoms with Gasteiger partial charge >= 0.3 is 0 Å². The van der Waals surface area contributed by atoms with Crippen LogP contribution in [0.5, 0.6) is 5.88 Å². The largest absolute Gasteiger partial charge is 0.473 e. The summed E-state index contributed by atoms with van der Waals surface area (Å²) in [6, 6.07) is 10.7. The maximum atomic E-state index is 12.9. The molecule has 2 aromatic rings. The Morgan fingerprint density at radius 2 is 1.89 bits per heavy atom. The van der Waals surface area contributed by atoms with Gasteiger partial charge < -0.3 is 14.5 Å². The van der Waals surface area contributed by atoms with Gasteiger partial charge in [-0.2, -0.15) is 5.10 Å². The predicted octanol–water partition coefficient (Wildman–Crippen LogP) is 2.55. The molecule has 0 saturated carbocycles. The molecule has 0 aliphatic carbocycles. The van der Waals surface area contributed by atoms with Gasteiger partial charge in [0, 0.05) is 61.9 Å². The molecule has 2 aliphatic rings. The molecule has 8 heteroatoms. The lowest BCUT2D eigenvalue weighted by molar-refractivity contribution is -0.137. The third-order valence-corrected chi connectivity index (χ3v) is 5.45. The van der Waals surface area contributed by atoms with Crippen molar-refractivity contribution in [2.45, 2.75) is 25.4 Å². The Balaban J connectivity index is 1.32. The van der Waals surface area contributed by atoms with Crippen LogP contribution in [0.4, 0.5) is 5.69 Å². The molecule has 2 saturated heterocycles. The van der Waals surface area contributed by atoms with Gasteiger partial charge in [-0.25, -0.2) is 0 Å². The summed E-state index contributed by atoms with van der Waals surface area (Å²) in [6.45, 7) is 1.65. The van der Waals surface area contributed by atoms with Gasteiger partial charge in [0.1, 0.15) is 6.10 Å². The molecule has 146 valence electrons. The van der Waals surface area contributed by atoms with E-state index in [-0.39, 0.29) is 30.3 Å². The molecule has 0 radical (unpaired) electrons. The van der Waals surface area contributed by atoms with Crippen LogP contribution in [-0.4, -0.2) is 52.6 Å². The summed E-state index contributed by atoms with van der Waals surface area (Å²) in [4.78, 5) is 28.8. The minimum Gasteiger partial charge on any atom is -0.473 e. The highest BCUT2D eigenvalue weighted by atomic mass is 35.5. The van der Waals surface area contributed by atoms with Crippen LogP contribution in [0.25, 0.3) is 0 Å². The van der Waals surface area contributed by atoms with Crippen molar-refractivity contribution in [3.05, 3.63) is 47.6 Å². The third-order valence-electron chi connectivity index (χ3n) is 5.20. The summed E-state index contributed by atoms with van der Waals surface area (Å²) >= 11 is 5.92. The van der Waals surface area contributed by atoms with Crippen molar-refractivity contribution in [2.24, 2.45) is 5.92 Å². The maximum Gasteiger partial charge on any atom is 0.233 e. The highest BCUT2D eigenvalue weighted by Crippen LogP contribution is 2.28. The quantitative estimate of drug-likeness (QED) is 0.788. The number of aromatic nitrogens is 2. The SMILES string of the molecule is O=C([C@H]1CC(=O)N(c2ccc(Cl)cc2)C1)N1CCC(Oc2cccnn2)CC1. The zero-order valence-corrected chi connectivity index (χ0v) is 16.1. The monoisotopic (exact) mass is 400 g/mol. The van der Waals surface area contributed by atoms with Gasteiger partial charge in [0.15, 0.2) is 0 Å². The number of carbonyl (C=O) groups is 2. The van der Waals surface area contributed by atoms with Gasteiger partial charge in [-0.15, -0.1) is 5.10 Å². The Kier molecular flexibility index (Phi) is 5.43. The van der Waals surface area contributed by atoms with E-state index in [1.807, 2.05) is 17.0 Å². The number of piperidine rings is 1. The van der Waals surface area contributed by atoms with E-state index in [0.717, 1.165) is 18.5 Å². The van der Waals surface area contributed by atoms with Crippen molar-refractivity contribution in [2.75, 3.05) is 24.5 Å². The highest BCUT2D eigenvalue weighted by molar-refractivity contribution is 6.30. The van der Waals surface area contributed by atoms with E-state index in [9.17, 15) is 9.59 Å². The van der Waals surface area contributed by atoms with Crippen molar-refractivity contribution in [1.82, 2.24) is 15.1 Å². The number of amides is 2. The van der Waals surface area contributed by atoms with Crippen LogP contribution >= 0.6 is 11.6 Å². The molecule has 2 fully saturated rings. The summed E-state index contributed by atoms with van der Waals surface area (Å²) in [7, 11) is 0. The number of hydrogen-bond acceptors (Lipinski definition) is 5. The summed E-state index contributed by atoms with van der Waals surface area (Å²) in [5, 5.41) is 8.36. The summed E-state index contributed by atoms with van der Waals surface area (Å²) in [6.07, 6.45) is 3.35. The zero-order valence-electron chi connectivity index (χ0n) is 15.3. The Labute approximate surface area is 168 Å². The van der Waals surface area contributed by atoms with E-state index in [0.29, 0.717) is 30.5 Å². The molecule has 1 atom stereocenters. The van der Waals surface area contributed by atoms with Crippen molar-refractivity contribution >= 4 is 29.1 Å². The van der Waals surface area contributed by atoms with E-state index in [4.69, 9.17) is 16.3 Å². The van der Waals surface area contributed by atoms with Gasteiger partial charge in [0.05, 0.1) is 5.92 Å². The first-order chi connectivity index (χ1) is 13.6. The van der Waals surface area contributed by atoms with E-state index < -0.39 is 0 Å². The summed E-state index contributed by atoms with van der Waals surface area (Å²) in [5.74, 6) is 0.220. The van der Waals surface area contributed by atoms with Crippen LogP contribution in [0, 0.1) is 5.92 Å². The van der Waals surface area contributed by atoms with Gasteiger partial charge in [0.2, 0.25) is 17.7 Å². The van der Waals surface area contributed by atoms with Crippen LogP contribution in [0.2, 0.25) is 5.02 Å². The van der Waals surface area contributed by atoms with Crippen molar-refractivity contribution in [3.8, 4) is 5.88 Å². The van der Waals surface area contributed by atoms with E-state index in [2.05, 4.69) is 10.2 Å². The van der Waals surface area contributed by atoms with Crippen LogP contribution in [-0.2, 0) is 9.59 Å². The normalized spacial score (nSPS) is 20.5. The third kappa shape index (κ3) is 4.09. The smallest absolute Gasteiger partial charge is 0.233 e. The van der Waals surface area contributed by atoms with Crippen LogP contribution in [0.15, 0.2) is 42.6 Å². The Hall–Kier alpha value is -2.67. The average molecular weight is 401 g/mol. The molecule has 1 aromatic heterocycles. The molecular weight excluding hydrogens is 380 g/mol. The Morgan fingerprint density at radius 1 is 1.14 bits per heavy atom. The van der Waals surface area contributed by atoms with Gasteiger partial charge in [-0.1, -0.05) is 11.6 Å². The molecule has 0 spiro atoms. The van der Waals surface area contributed by atoms with Gasteiger partial charge in [0.25, 0.3) is 0 Å². The molecule has 4 rings (SSSR count). The molecule has 1 aromatic carbocycles. The van der Waals surface area contributed by atoms with E-state index in [1.165, 1.54) is 0 Å². The minimum atomic E-state index is -0.305. The first-order valence-electron chi connectivity index (χ1n) is 9.39. The summed E-state index contributed by atoms with van der Waals surface area (Å²) < 4.78 is 5.83. The minimum absolute atomic E-state index is 0.0246. The van der Waals surface area contributed by atoms with Crippen LogP contribution in [0.3, 0.4) is 0 Å². The summed E-state index contributed by atoms with van der Waals surface area (Å²) in [5.41, 5.74) is 0.778. The molecule has 2 aliphatic heterocycles. The second-order valence-electron chi connectivity index (χ2n) is 7.09. The van der Waals surface area contributed by atoms with Crippen molar-refractivity contribution < 1.29 is 14.3 Å². The molecule has 0 N–H and O–H groups in total. The number of hydrogen-bond donors (Lipinski definition) is 0. The molecule has 0 unspecified atom stereocenters. The predicted molar refractivity (Wildman–Crippen MR) is 104 cm³/mol. The maximum absolute atomic E-state index is 12.9. The zero-order chi connectivity index (χ0) is 19.5. The standard InChI is InChI=1S/C20H21ClN4O3/c21-15-3-5-16(6-4-15)25-13-14(12-19(25)26)20(27)24-10-7-17(8-11-24)28-18-2-1-9-22-23-18/h1-6,9,14,17H,7-8,10-13H2/t14-/m0/s1. The molecular formula is C20H21ClN4O3. The lowest BCUT2D eigenvalue weighted by Gasteiger charge is -2.33. The van der Waals surface area contributed by atoms with Crippen molar-refractivity contribution in [3.63, 3.8) is 0 Å². The Morgan fingerprint density at radius 3 is 2.57 bits per heavy atom. The number of nitrogens with zero attached hydrogens (tertiary/aromatic N) is 4. The number of rotatable bonds is 4. The molecule has 7 nitrogen and oxygen atoms in total. The number of halogens is 1. The highest BCUT2D eigenvalue weighted by Gasteiger charge is 2.38. The van der Waals surface area contributed by atoms with Gasteiger partial charge in [-0.3, -0.25) is 9.59 Å². The first-order valence-corrected chi connectivity index (χ1v) is 9.77. The average Bonchev–Trinajstić information content (AvgIpc) is 3.11. The van der Waals surface area contributed by atoms with Crippen molar-refractivity contribution in [1.29, 1.82) is 0 Å². The first kappa shape index (κ1) is 18.7. The second kappa shape index (κ2) is 8.14. The number of carbonyl (C=O) groups excluding carboxylic acids is 2. The number of ether oxygens (including phenoxy) is 1. The molecule has 28 heavy (non-hydrogen) atoms. The van der Waals surface area contributed by atoms with E-state index in [1.54, 1.807) is 35.4 Å². The fourth-order valence-corrected chi connectivity index (χ4v) is 3.84. The fraction of sp³-hybridized carbons (Fsp3) is 0.400.